The molecule has 3 atom stereocenters. The fourth-order valence-corrected chi connectivity index (χ4v) is 5.02. The van der Waals surface area contributed by atoms with E-state index in [2.05, 4.69) is 0 Å². The molecular formula is C17H21NO6S. The van der Waals surface area contributed by atoms with Crippen LogP contribution in [0.2, 0.25) is 0 Å². The average molecular weight is 367 g/mol. The smallest absolute Gasteiger partial charge is 0.307 e. The Labute approximate surface area is 146 Å². The highest BCUT2D eigenvalue weighted by Gasteiger charge is 2.51. The van der Waals surface area contributed by atoms with E-state index in [9.17, 15) is 18.0 Å². The van der Waals surface area contributed by atoms with Crippen molar-refractivity contribution in [2.75, 3.05) is 18.6 Å². The maximum atomic E-state index is 12.8. The van der Waals surface area contributed by atoms with Crippen LogP contribution >= 0.6 is 0 Å². The molecule has 1 heterocycles. The second-order valence-corrected chi connectivity index (χ2v) is 8.89. The summed E-state index contributed by atoms with van der Waals surface area (Å²) in [6, 6.07) is 6.81. The van der Waals surface area contributed by atoms with Crippen LogP contribution in [-0.4, -0.2) is 55.0 Å². The zero-order valence-electron chi connectivity index (χ0n) is 13.9. The monoisotopic (exact) mass is 367 g/mol. The summed E-state index contributed by atoms with van der Waals surface area (Å²) >= 11 is 0. The van der Waals surface area contributed by atoms with Gasteiger partial charge in [-0.3, -0.25) is 9.59 Å². The van der Waals surface area contributed by atoms with Crippen LogP contribution in [0.4, 0.5) is 0 Å². The number of hydrogen-bond donors (Lipinski definition) is 1. The highest BCUT2D eigenvalue weighted by Crippen LogP contribution is 2.41. The Morgan fingerprint density at radius 1 is 1.24 bits per heavy atom. The van der Waals surface area contributed by atoms with Crippen molar-refractivity contribution in [3.05, 3.63) is 29.8 Å². The summed E-state index contributed by atoms with van der Waals surface area (Å²) in [6.45, 7) is 0.270. The maximum absolute atomic E-state index is 12.8. The molecule has 1 N–H and O–H groups in total. The van der Waals surface area contributed by atoms with Gasteiger partial charge >= 0.3 is 5.97 Å². The highest BCUT2D eigenvalue weighted by molar-refractivity contribution is 7.91. The maximum Gasteiger partial charge on any atom is 0.307 e. The Morgan fingerprint density at radius 3 is 2.40 bits per heavy atom. The van der Waals surface area contributed by atoms with Crippen molar-refractivity contribution in [1.82, 2.24) is 4.90 Å². The molecule has 0 radical (unpaired) electrons. The van der Waals surface area contributed by atoms with E-state index in [1.165, 1.54) is 0 Å². The van der Waals surface area contributed by atoms with E-state index in [4.69, 9.17) is 9.84 Å². The quantitative estimate of drug-likeness (QED) is 0.803. The average Bonchev–Trinajstić information content (AvgIpc) is 3.30. The first-order valence-electron chi connectivity index (χ1n) is 8.17. The summed E-state index contributed by atoms with van der Waals surface area (Å²) in [7, 11) is -1.58. The van der Waals surface area contributed by atoms with E-state index >= 15 is 0 Å². The third-order valence-electron chi connectivity index (χ3n) is 4.87. The summed E-state index contributed by atoms with van der Waals surface area (Å²) in [5.41, 5.74) is 0.853. The molecule has 2 aliphatic rings. The number of carbonyl (C=O) groups is 2. The lowest BCUT2D eigenvalue weighted by Gasteiger charge is -2.29. The van der Waals surface area contributed by atoms with Gasteiger partial charge in [-0.15, -0.1) is 0 Å². The summed E-state index contributed by atoms with van der Waals surface area (Å²) in [5, 5.41) is 9.07. The van der Waals surface area contributed by atoms with E-state index in [1.54, 1.807) is 24.1 Å². The summed E-state index contributed by atoms with van der Waals surface area (Å²) in [4.78, 5) is 25.4. The Bertz CT molecular complexity index is 773. The van der Waals surface area contributed by atoms with E-state index in [1.807, 2.05) is 12.1 Å². The molecule has 0 spiro atoms. The molecule has 1 aromatic rings. The number of rotatable bonds is 6. The van der Waals surface area contributed by atoms with E-state index in [-0.39, 0.29) is 24.0 Å². The molecule has 0 unspecified atom stereocenters. The molecule has 1 saturated heterocycles. The molecule has 7 nitrogen and oxygen atoms in total. The van der Waals surface area contributed by atoms with Gasteiger partial charge in [0.2, 0.25) is 5.91 Å². The topological polar surface area (TPSA) is 101 Å². The minimum Gasteiger partial charge on any atom is -0.497 e. The number of nitrogens with zero attached hydrogens (tertiary/aromatic N) is 1. The van der Waals surface area contributed by atoms with Gasteiger partial charge in [0.25, 0.3) is 0 Å². The van der Waals surface area contributed by atoms with Gasteiger partial charge in [0.05, 0.1) is 30.5 Å². The molecule has 136 valence electrons. The SMILES string of the molecule is COc1ccc(CN(C(=O)[C@@H]2C[C@H]2C(=O)O)[C@H]2CCS(=O)(=O)C2)cc1. The zero-order valence-corrected chi connectivity index (χ0v) is 14.7. The lowest BCUT2D eigenvalue weighted by Crippen LogP contribution is -2.42. The number of ether oxygens (including phenoxy) is 1. The number of benzene rings is 1. The number of hydrogen-bond acceptors (Lipinski definition) is 5. The van der Waals surface area contributed by atoms with Gasteiger partial charge in [0, 0.05) is 12.6 Å². The number of methoxy groups -OCH3 is 1. The number of amides is 1. The van der Waals surface area contributed by atoms with Crippen LogP contribution in [0.15, 0.2) is 24.3 Å². The number of carboxylic acids is 1. The van der Waals surface area contributed by atoms with Gasteiger partial charge in [-0.1, -0.05) is 12.1 Å². The van der Waals surface area contributed by atoms with Crippen LogP contribution in [0, 0.1) is 11.8 Å². The molecule has 0 bridgehead atoms. The van der Waals surface area contributed by atoms with Crippen LogP contribution in [0.1, 0.15) is 18.4 Å². The molecule has 1 aliphatic carbocycles. The summed E-state index contributed by atoms with van der Waals surface area (Å²) < 4.78 is 28.7. The zero-order chi connectivity index (χ0) is 18.2. The summed E-state index contributed by atoms with van der Waals surface area (Å²) in [6.07, 6.45) is 0.724. The van der Waals surface area contributed by atoms with Crippen LogP contribution in [0.25, 0.3) is 0 Å². The first kappa shape index (κ1) is 17.7. The highest BCUT2D eigenvalue weighted by atomic mass is 32.2. The molecular weight excluding hydrogens is 346 g/mol. The number of carbonyl (C=O) groups excluding carboxylic acids is 1. The lowest BCUT2D eigenvalue weighted by molar-refractivity contribution is -0.142. The molecule has 1 amide bonds. The third-order valence-corrected chi connectivity index (χ3v) is 6.62. The Morgan fingerprint density at radius 2 is 1.92 bits per heavy atom. The number of aliphatic carboxylic acids is 1. The minimum atomic E-state index is -3.14. The standard InChI is InChI=1S/C17H21NO6S/c1-24-13-4-2-11(3-5-13)9-18(12-6-7-25(22,23)10-12)16(19)14-8-15(14)17(20)21/h2-5,12,14-15H,6-10H2,1H3,(H,20,21)/t12-,14+,15+/m0/s1. The third kappa shape index (κ3) is 3.95. The van der Waals surface area contributed by atoms with Gasteiger partial charge in [-0.05, 0) is 30.5 Å². The fraction of sp³-hybridized carbons (Fsp3) is 0.529. The van der Waals surface area contributed by atoms with Crippen molar-refractivity contribution in [1.29, 1.82) is 0 Å². The largest absolute Gasteiger partial charge is 0.497 e. The second kappa shape index (κ2) is 6.67. The van der Waals surface area contributed by atoms with Crippen molar-refractivity contribution in [2.24, 2.45) is 11.8 Å². The van der Waals surface area contributed by atoms with E-state index in [0.717, 1.165) is 5.56 Å². The molecule has 1 saturated carbocycles. The van der Waals surface area contributed by atoms with Crippen molar-refractivity contribution in [3.8, 4) is 5.75 Å². The van der Waals surface area contributed by atoms with Crippen molar-refractivity contribution in [3.63, 3.8) is 0 Å². The van der Waals surface area contributed by atoms with Gasteiger partial charge in [-0.2, -0.15) is 0 Å². The van der Waals surface area contributed by atoms with Crippen molar-refractivity contribution in [2.45, 2.75) is 25.4 Å². The van der Waals surface area contributed by atoms with Crippen LogP contribution in [-0.2, 0) is 26.0 Å². The van der Waals surface area contributed by atoms with Gasteiger partial charge in [0.15, 0.2) is 9.84 Å². The predicted molar refractivity (Wildman–Crippen MR) is 89.8 cm³/mol. The molecule has 8 heteroatoms. The van der Waals surface area contributed by atoms with Crippen LogP contribution in [0.5, 0.6) is 5.75 Å². The van der Waals surface area contributed by atoms with E-state index < -0.39 is 33.7 Å². The molecule has 1 aliphatic heterocycles. The van der Waals surface area contributed by atoms with Gasteiger partial charge < -0.3 is 14.7 Å². The molecule has 25 heavy (non-hydrogen) atoms. The van der Waals surface area contributed by atoms with Gasteiger partial charge in [0.1, 0.15) is 5.75 Å². The summed E-state index contributed by atoms with van der Waals surface area (Å²) in [5.74, 6) is -1.72. The van der Waals surface area contributed by atoms with Crippen molar-refractivity contribution >= 4 is 21.7 Å². The first-order valence-corrected chi connectivity index (χ1v) is 9.99. The van der Waals surface area contributed by atoms with Gasteiger partial charge in [-0.25, -0.2) is 8.42 Å². The Balaban J connectivity index is 1.79. The molecule has 1 aromatic carbocycles. The predicted octanol–water partition coefficient (Wildman–Crippen LogP) is 0.932. The first-order chi connectivity index (χ1) is 11.8. The second-order valence-electron chi connectivity index (χ2n) is 6.66. The normalized spacial score (nSPS) is 26.8. The van der Waals surface area contributed by atoms with Crippen LogP contribution < -0.4 is 4.74 Å². The van der Waals surface area contributed by atoms with Crippen LogP contribution in [0.3, 0.4) is 0 Å². The number of carboxylic acid groups (broad SMARTS) is 1. The molecule has 0 aromatic heterocycles. The Hall–Kier alpha value is -2.09. The van der Waals surface area contributed by atoms with Crippen molar-refractivity contribution < 1.29 is 27.9 Å². The molecule has 3 rings (SSSR count). The molecule has 2 fully saturated rings. The van der Waals surface area contributed by atoms with E-state index in [0.29, 0.717) is 18.6 Å². The number of sulfone groups is 1. The Kier molecular flexibility index (Phi) is 4.73. The lowest BCUT2D eigenvalue weighted by atomic mass is 10.1. The minimum absolute atomic E-state index is 0.0562. The fourth-order valence-electron chi connectivity index (χ4n) is 3.29.